The molecule has 2 aromatic rings. The van der Waals surface area contributed by atoms with E-state index in [4.69, 9.17) is 0 Å². The van der Waals surface area contributed by atoms with Crippen LogP contribution in [0.4, 0.5) is 0 Å². The molecule has 0 aliphatic carbocycles. The van der Waals surface area contributed by atoms with Crippen molar-refractivity contribution in [3.8, 4) is 0 Å². The van der Waals surface area contributed by atoms with Gasteiger partial charge in [0.25, 0.3) is 0 Å². The van der Waals surface area contributed by atoms with Crippen LogP contribution in [0.25, 0.3) is 0 Å². The number of aromatic nitrogens is 2. The van der Waals surface area contributed by atoms with Gasteiger partial charge in [-0.1, -0.05) is 11.8 Å². The van der Waals surface area contributed by atoms with E-state index in [1.165, 1.54) is 23.1 Å². The maximum Gasteiger partial charge on any atom is 0.183 e. The summed E-state index contributed by atoms with van der Waals surface area (Å²) in [6.45, 7) is 2.00. The fraction of sp³-hybridized carbons (Fsp3) is 0.182. The van der Waals surface area contributed by atoms with Crippen molar-refractivity contribution in [1.82, 2.24) is 9.97 Å². The standard InChI is InChI=1S/C11H10N2OS2/c1-8-2-3-10(16-8)9(14)7-15-11-6-12-4-5-13-11/h2-6H,7H2,1H3. The molecule has 0 N–H and O–H groups in total. The number of thioether (sulfide) groups is 1. The van der Waals surface area contributed by atoms with Crippen molar-refractivity contribution in [2.45, 2.75) is 11.9 Å². The summed E-state index contributed by atoms with van der Waals surface area (Å²) in [4.78, 5) is 21.8. The first-order valence-corrected chi connectivity index (χ1v) is 6.54. The predicted molar refractivity (Wildman–Crippen MR) is 66.1 cm³/mol. The van der Waals surface area contributed by atoms with Gasteiger partial charge >= 0.3 is 0 Å². The molecule has 0 radical (unpaired) electrons. The summed E-state index contributed by atoms with van der Waals surface area (Å²) in [5, 5.41) is 0.782. The maximum atomic E-state index is 11.8. The zero-order chi connectivity index (χ0) is 11.4. The van der Waals surface area contributed by atoms with Crippen molar-refractivity contribution in [2.75, 3.05) is 5.75 Å². The molecule has 82 valence electrons. The first-order valence-electron chi connectivity index (χ1n) is 4.74. The molecule has 2 heterocycles. The van der Waals surface area contributed by atoms with Crippen LogP contribution in [-0.2, 0) is 0 Å². The Hall–Kier alpha value is -1.20. The van der Waals surface area contributed by atoms with Gasteiger partial charge in [-0.15, -0.1) is 11.3 Å². The highest BCUT2D eigenvalue weighted by atomic mass is 32.2. The number of hydrogen-bond donors (Lipinski definition) is 0. The summed E-state index contributed by atoms with van der Waals surface area (Å²) >= 11 is 2.95. The lowest BCUT2D eigenvalue weighted by Crippen LogP contribution is -1.99. The van der Waals surface area contributed by atoms with Crippen LogP contribution >= 0.6 is 23.1 Å². The van der Waals surface area contributed by atoms with Gasteiger partial charge in [-0.25, -0.2) is 4.98 Å². The third kappa shape index (κ3) is 2.90. The van der Waals surface area contributed by atoms with E-state index in [-0.39, 0.29) is 5.78 Å². The van der Waals surface area contributed by atoms with Crippen molar-refractivity contribution < 1.29 is 4.79 Å². The second kappa shape index (κ2) is 5.23. The van der Waals surface area contributed by atoms with E-state index in [1.807, 2.05) is 19.1 Å². The van der Waals surface area contributed by atoms with Crippen molar-refractivity contribution in [3.63, 3.8) is 0 Å². The number of carbonyl (C=O) groups is 1. The van der Waals surface area contributed by atoms with E-state index < -0.39 is 0 Å². The summed E-state index contributed by atoms with van der Waals surface area (Å²) in [5.74, 6) is 0.562. The van der Waals surface area contributed by atoms with E-state index in [0.29, 0.717) is 5.75 Å². The van der Waals surface area contributed by atoms with E-state index in [9.17, 15) is 4.79 Å². The summed E-state index contributed by atoms with van der Waals surface area (Å²) in [6, 6.07) is 3.84. The molecule has 0 amide bonds. The molecule has 0 aliphatic rings. The van der Waals surface area contributed by atoms with Gasteiger partial charge in [0.05, 0.1) is 16.8 Å². The number of aryl methyl sites for hydroxylation is 1. The topological polar surface area (TPSA) is 42.9 Å². The average molecular weight is 250 g/mol. The fourth-order valence-electron chi connectivity index (χ4n) is 1.15. The van der Waals surface area contributed by atoms with Crippen LogP contribution in [0.3, 0.4) is 0 Å². The molecule has 0 spiro atoms. The lowest BCUT2D eigenvalue weighted by Gasteiger charge is -1.97. The van der Waals surface area contributed by atoms with Gasteiger partial charge in [-0.2, -0.15) is 0 Å². The quantitative estimate of drug-likeness (QED) is 0.618. The molecule has 5 heteroatoms. The summed E-state index contributed by atoms with van der Waals surface area (Å²) in [7, 11) is 0. The van der Waals surface area contributed by atoms with Crippen LogP contribution in [-0.4, -0.2) is 21.5 Å². The maximum absolute atomic E-state index is 11.8. The highest BCUT2D eigenvalue weighted by Crippen LogP contribution is 2.20. The molecule has 0 saturated heterocycles. The van der Waals surface area contributed by atoms with Gasteiger partial charge in [-0.3, -0.25) is 9.78 Å². The lowest BCUT2D eigenvalue weighted by molar-refractivity contribution is 0.102. The monoisotopic (exact) mass is 250 g/mol. The van der Waals surface area contributed by atoms with Crippen LogP contribution in [0.15, 0.2) is 35.7 Å². The molecule has 16 heavy (non-hydrogen) atoms. The van der Waals surface area contributed by atoms with Crippen LogP contribution in [0.5, 0.6) is 0 Å². The van der Waals surface area contributed by atoms with E-state index in [1.54, 1.807) is 18.6 Å². The van der Waals surface area contributed by atoms with E-state index >= 15 is 0 Å². The third-order valence-electron chi connectivity index (χ3n) is 1.91. The third-order valence-corrected chi connectivity index (χ3v) is 3.86. The van der Waals surface area contributed by atoms with Gasteiger partial charge in [0.2, 0.25) is 0 Å². The highest BCUT2D eigenvalue weighted by molar-refractivity contribution is 7.99. The van der Waals surface area contributed by atoms with Crippen LogP contribution in [0, 0.1) is 6.92 Å². The van der Waals surface area contributed by atoms with Gasteiger partial charge in [-0.05, 0) is 19.1 Å². The van der Waals surface area contributed by atoms with Gasteiger partial charge < -0.3 is 0 Å². The van der Waals surface area contributed by atoms with Crippen LogP contribution in [0.1, 0.15) is 14.5 Å². The average Bonchev–Trinajstić information content (AvgIpc) is 2.74. The Labute approximate surface area is 102 Å². The number of ketones is 1. The highest BCUT2D eigenvalue weighted by Gasteiger charge is 2.08. The molecule has 2 rings (SSSR count). The number of carbonyl (C=O) groups excluding carboxylic acids is 1. The lowest BCUT2D eigenvalue weighted by atomic mass is 10.3. The Morgan fingerprint density at radius 3 is 2.94 bits per heavy atom. The minimum atomic E-state index is 0.147. The van der Waals surface area contributed by atoms with E-state index in [0.717, 1.165) is 14.8 Å². The number of thiophene rings is 1. The Morgan fingerprint density at radius 1 is 1.44 bits per heavy atom. The van der Waals surface area contributed by atoms with Crippen LogP contribution in [0.2, 0.25) is 0 Å². The zero-order valence-electron chi connectivity index (χ0n) is 8.71. The van der Waals surface area contributed by atoms with Crippen molar-refractivity contribution in [2.24, 2.45) is 0 Å². The zero-order valence-corrected chi connectivity index (χ0v) is 10.3. The molecule has 0 atom stereocenters. The SMILES string of the molecule is Cc1ccc(C(=O)CSc2cnccn2)s1. The molecule has 3 nitrogen and oxygen atoms in total. The molecule has 0 fully saturated rings. The Bertz CT molecular complexity index is 482. The number of nitrogens with zero attached hydrogens (tertiary/aromatic N) is 2. The Kier molecular flexibility index (Phi) is 3.69. The van der Waals surface area contributed by atoms with Crippen LogP contribution < -0.4 is 0 Å². The summed E-state index contributed by atoms with van der Waals surface area (Å²) in [5.41, 5.74) is 0. The molecule has 0 bridgehead atoms. The number of Topliss-reactive ketones (excluding diaryl/α,β-unsaturated/α-hetero) is 1. The van der Waals surface area contributed by atoms with Crippen molar-refractivity contribution in [1.29, 1.82) is 0 Å². The minimum Gasteiger partial charge on any atom is -0.292 e. The first kappa shape index (κ1) is 11.3. The molecular weight excluding hydrogens is 240 g/mol. The second-order valence-corrected chi connectivity index (χ2v) is 5.45. The number of rotatable bonds is 4. The molecule has 0 aliphatic heterocycles. The molecular formula is C11H10N2OS2. The van der Waals surface area contributed by atoms with E-state index in [2.05, 4.69) is 9.97 Å². The van der Waals surface area contributed by atoms with Gasteiger partial charge in [0.15, 0.2) is 5.78 Å². The van der Waals surface area contributed by atoms with Gasteiger partial charge in [0.1, 0.15) is 5.03 Å². The van der Waals surface area contributed by atoms with Crippen molar-refractivity contribution in [3.05, 3.63) is 40.5 Å². The molecule has 0 unspecified atom stereocenters. The predicted octanol–water partition coefficient (Wildman–Crippen LogP) is 2.82. The number of hydrogen-bond acceptors (Lipinski definition) is 5. The van der Waals surface area contributed by atoms with Crippen molar-refractivity contribution >= 4 is 28.9 Å². The Morgan fingerprint density at radius 2 is 2.31 bits per heavy atom. The summed E-state index contributed by atoms with van der Waals surface area (Å²) < 4.78 is 0. The fourth-order valence-corrected chi connectivity index (χ4v) is 2.76. The normalized spacial score (nSPS) is 10.3. The second-order valence-electron chi connectivity index (χ2n) is 3.17. The summed E-state index contributed by atoms with van der Waals surface area (Å²) in [6.07, 6.45) is 4.91. The smallest absolute Gasteiger partial charge is 0.183 e. The molecule has 0 aromatic carbocycles. The minimum absolute atomic E-state index is 0.147. The Balaban J connectivity index is 1.94. The molecule has 0 saturated carbocycles. The molecule has 2 aromatic heterocycles. The largest absolute Gasteiger partial charge is 0.292 e. The first-order chi connectivity index (χ1) is 7.75. The van der Waals surface area contributed by atoms with Gasteiger partial charge in [0, 0.05) is 17.3 Å².